The van der Waals surface area contributed by atoms with Crippen LogP contribution in [0.5, 0.6) is 0 Å². The summed E-state index contributed by atoms with van der Waals surface area (Å²) in [6.45, 7) is 0.957. The number of benzene rings is 1. The van der Waals surface area contributed by atoms with Gasteiger partial charge in [-0.2, -0.15) is 0 Å². The van der Waals surface area contributed by atoms with Crippen LogP contribution in [0.1, 0.15) is 24.8 Å². The second kappa shape index (κ2) is 5.80. The summed E-state index contributed by atoms with van der Waals surface area (Å²) in [4.78, 5) is 0. The van der Waals surface area contributed by atoms with E-state index >= 15 is 0 Å². The Kier molecular flexibility index (Phi) is 4.37. The van der Waals surface area contributed by atoms with Gasteiger partial charge in [-0.3, -0.25) is 0 Å². The molecule has 0 radical (unpaired) electrons. The molecule has 4 heteroatoms. The molecule has 1 saturated heterocycles. The van der Waals surface area contributed by atoms with Gasteiger partial charge in [0.25, 0.3) is 0 Å². The lowest BCUT2D eigenvalue weighted by molar-refractivity contribution is 0.113. The number of aliphatic hydroxyl groups is 1. The second-order valence-electron chi connectivity index (χ2n) is 4.56. The highest BCUT2D eigenvalue weighted by Crippen LogP contribution is 2.21. The molecule has 0 amide bonds. The van der Waals surface area contributed by atoms with E-state index in [2.05, 4.69) is 5.32 Å². The summed E-state index contributed by atoms with van der Waals surface area (Å²) < 4.78 is 12.9. The second-order valence-corrected chi connectivity index (χ2v) is 4.97. The molecule has 17 heavy (non-hydrogen) atoms. The van der Waals surface area contributed by atoms with Crippen molar-refractivity contribution in [2.75, 3.05) is 6.54 Å². The molecule has 1 fully saturated rings. The van der Waals surface area contributed by atoms with Gasteiger partial charge in [-0.05, 0) is 37.1 Å². The van der Waals surface area contributed by atoms with E-state index in [1.165, 1.54) is 18.6 Å². The number of piperidine rings is 1. The van der Waals surface area contributed by atoms with E-state index in [1.807, 2.05) is 0 Å². The molecule has 2 N–H and O–H groups in total. The fourth-order valence-electron chi connectivity index (χ4n) is 2.26. The van der Waals surface area contributed by atoms with Gasteiger partial charge in [-0.1, -0.05) is 24.1 Å². The molecule has 2 rings (SSSR count). The van der Waals surface area contributed by atoms with Crippen LogP contribution in [0.4, 0.5) is 4.39 Å². The molecule has 1 aromatic rings. The van der Waals surface area contributed by atoms with Crippen LogP contribution >= 0.6 is 11.6 Å². The van der Waals surface area contributed by atoms with E-state index in [0.29, 0.717) is 11.4 Å². The zero-order valence-electron chi connectivity index (χ0n) is 9.63. The standard InChI is InChI=1S/C13H17ClFNO/c14-11-8-10(15)5-4-9(11)7-13(17)12-3-1-2-6-16-12/h4-5,8,12-13,16-17H,1-3,6-7H2. The molecule has 1 aliphatic rings. The molecule has 0 aliphatic carbocycles. The Balaban J connectivity index is 1.99. The molecule has 2 nitrogen and oxygen atoms in total. The fourth-order valence-corrected chi connectivity index (χ4v) is 2.51. The van der Waals surface area contributed by atoms with E-state index in [4.69, 9.17) is 11.6 Å². The number of hydrogen-bond acceptors (Lipinski definition) is 2. The van der Waals surface area contributed by atoms with Crippen LogP contribution in [0.15, 0.2) is 18.2 Å². The van der Waals surface area contributed by atoms with E-state index in [0.717, 1.165) is 24.9 Å². The van der Waals surface area contributed by atoms with E-state index in [1.54, 1.807) is 6.07 Å². The largest absolute Gasteiger partial charge is 0.391 e. The normalized spacial score (nSPS) is 22.4. The fraction of sp³-hybridized carbons (Fsp3) is 0.538. The van der Waals surface area contributed by atoms with Crippen molar-refractivity contribution < 1.29 is 9.50 Å². The number of aliphatic hydroxyl groups excluding tert-OH is 1. The third-order valence-corrected chi connectivity index (χ3v) is 3.61. The molecule has 2 unspecified atom stereocenters. The Morgan fingerprint density at radius 1 is 1.47 bits per heavy atom. The molecule has 0 saturated carbocycles. The number of halogens is 2. The van der Waals surface area contributed by atoms with Crippen LogP contribution < -0.4 is 5.32 Å². The molecule has 0 aromatic heterocycles. The highest BCUT2D eigenvalue weighted by Gasteiger charge is 2.22. The molecule has 0 spiro atoms. The molecular formula is C13H17ClFNO. The summed E-state index contributed by atoms with van der Waals surface area (Å²) in [7, 11) is 0. The minimum absolute atomic E-state index is 0.130. The first kappa shape index (κ1) is 12.8. The van der Waals surface area contributed by atoms with Crippen molar-refractivity contribution in [3.63, 3.8) is 0 Å². The Labute approximate surface area is 106 Å². The zero-order valence-corrected chi connectivity index (χ0v) is 10.4. The maximum Gasteiger partial charge on any atom is 0.124 e. The van der Waals surface area contributed by atoms with Gasteiger partial charge in [-0.15, -0.1) is 0 Å². The van der Waals surface area contributed by atoms with Gasteiger partial charge in [0.05, 0.1) is 6.10 Å². The predicted octanol–water partition coefficient (Wildman–Crippen LogP) is 2.52. The molecule has 1 heterocycles. The number of rotatable bonds is 3. The predicted molar refractivity (Wildman–Crippen MR) is 66.8 cm³/mol. The van der Waals surface area contributed by atoms with E-state index in [9.17, 15) is 9.50 Å². The van der Waals surface area contributed by atoms with Crippen molar-refractivity contribution in [1.82, 2.24) is 5.32 Å². The monoisotopic (exact) mass is 257 g/mol. The Bertz CT molecular complexity index is 380. The third-order valence-electron chi connectivity index (χ3n) is 3.26. The molecule has 94 valence electrons. The van der Waals surface area contributed by atoms with Gasteiger partial charge < -0.3 is 10.4 Å². The van der Waals surface area contributed by atoms with Crippen LogP contribution in [0, 0.1) is 5.82 Å². The van der Waals surface area contributed by atoms with Crippen LogP contribution in [0.2, 0.25) is 5.02 Å². The van der Waals surface area contributed by atoms with E-state index in [-0.39, 0.29) is 11.9 Å². The average molecular weight is 258 g/mol. The number of hydrogen-bond donors (Lipinski definition) is 2. The minimum atomic E-state index is -0.460. The molecule has 1 aliphatic heterocycles. The molecular weight excluding hydrogens is 241 g/mol. The highest BCUT2D eigenvalue weighted by atomic mass is 35.5. The number of nitrogens with one attached hydrogen (secondary N) is 1. The van der Waals surface area contributed by atoms with Gasteiger partial charge in [0.1, 0.15) is 5.82 Å². The zero-order chi connectivity index (χ0) is 12.3. The lowest BCUT2D eigenvalue weighted by atomic mass is 9.95. The Morgan fingerprint density at radius 3 is 2.94 bits per heavy atom. The summed E-state index contributed by atoms with van der Waals surface area (Å²) in [5.41, 5.74) is 0.799. The maximum atomic E-state index is 12.9. The van der Waals surface area contributed by atoms with Crippen LogP contribution in [0.25, 0.3) is 0 Å². The van der Waals surface area contributed by atoms with Crippen molar-refractivity contribution in [3.8, 4) is 0 Å². The van der Waals surface area contributed by atoms with Gasteiger partial charge in [0.15, 0.2) is 0 Å². The topological polar surface area (TPSA) is 32.3 Å². The van der Waals surface area contributed by atoms with Gasteiger partial charge in [0, 0.05) is 17.5 Å². The summed E-state index contributed by atoms with van der Waals surface area (Å²) in [5, 5.41) is 13.8. The van der Waals surface area contributed by atoms with Crippen LogP contribution in [-0.4, -0.2) is 23.8 Å². The maximum absolute atomic E-state index is 12.9. The average Bonchev–Trinajstić information content (AvgIpc) is 2.34. The lowest BCUT2D eigenvalue weighted by Crippen LogP contribution is -2.44. The first-order valence-corrected chi connectivity index (χ1v) is 6.40. The van der Waals surface area contributed by atoms with E-state index < -0.39 is 6.10 Å². The van der Waals surface area contributed by atoms with Crippen molar-refractivity contribution in [1.29, 1.82) is 0 Å². The molecule has 0 bridgehead atoms. The van der Waals surface area contributed by atoms with Gasteiger partial charge in [-0.25, -0.2) is 4.39 Å². The molecule has 1 aromatic carbocycles. The highest BCUT2D eigenvalue weighted by molar-refractivity contribution is 6.31. The van der Waals surface area contributed by atoms with Crippen molar-refractivity contribution >= 4 is 11.6 Å². The van der Waals surface area contributed by atoms with Crippen LogP contribution in [-0.2, 0) is 6.42 Å². The third kappa shape index (κ3) is 3.41. The summed E-state index contributed by atoms with van der Waals surface area (Å²) in [5.74, 6) is -0.343. The lowest BCUT2D eigenvalue weighted by Gasteiger charge is -2.28. The molecule has 2 atom stereocenters. The summed E-state index contributed by atoms with van der Waals surface area (Å²) in [6, 6.07) is 4.44. The Morgan fingerprint density at radius 2 is 2.29 bits per heavy atom. The smallest absolute Gasteiger partial charge is 0.124 e. The van der Waals surface area contributed by atoms with Crippen molar-refractivity contribution in [3.05, 3.63) is 34.6 Å². The van der Waals surface area contributed by atoms with Crippen molar-refractivity contribution in [2.24, 2.45) is 0 Å². The van der Waals surface area contributed by atoms with Crippen molar-refractivity contribution in [2.45, 2.75) is 37.8 Å². The quantitative estimate of drug-likeness (QED) is 0.872. The Hall–Kier alpha value is -0.640. The van der Waals surface area contributed by atoms with Crippen LogP contribution in [0.3, 0.4) is 0 Å². The summed E-state index contributed by atoms with van der Waals surface area (Å²) >= 11 is 5.94. The first-order chi connectivity index (χ1) is 8.16. The van der Waals surface area contributed by atoms with Gasteiger partial charge in [0.2, 0.25) is 0 Å². The summed E-state index contributed by atoms with van der Waals surface area (Å²) in [6.07, 6.45) is 3.31. The van der Waals surface area contributed by atoms with Gasteiger partial charge >= 0.3 is 0 Å². The minimum Gasteiger partial charge on any atom is -0.391 e. The first-order valence-electron chi connectivity index (χ1n) is 6.02. The SMILES string of the molecule is OC(Cc1ccc(F)cc1Cl)C1CCCCN1.